The van der Waals surface area contributed by atoms with Crippen molar-refractivity contribution >= 4 is 23.4 Å². The molecule has 0 aliphatic heterocycles. The summed E-state index contributed by atoms with van der Waals surface area (Å²) in [4.78, 5) is 12.2. The van der Waals surface area contributed by atoms with Crippen molar-refractivity contribution in [2.75, 3.05) is 11.1 Å². The van der Waals surface area contributed by atoms with Gasteiger partial charge in [0, 0.05) is 16.6 Å². The number of para-hydroxylation sites is 1. The fraction of sp³-hybridized carbons (Fsp3) is 0.188. The van der Waals surface area contributed by atoms with E-state index in [1.54, 1.807) is 0 Å². The topological polar surface area (TPSA) is 29.1 Å². The molecule has 2 aromatic carbocycles. The molecule has 0 fully saturated rings. The van der Waals surface area contributed by atoms with Crippen molar-refractivity contribution in [3.63, 3.8) is 0 Å². The molecule has 21 heavy (non-hydrogen) atoms. The molecule has 1 amide bonds. The van der Waals surface area contributed by atoms with E-state index in [-0.39, 0.29) is 16.6 Å². The van der Waals surface area contributed by atoms with E-state index in [1.165, 1.54) is 12.1 Å². The summed E-state index contributed by atoms with van der Waals surface area (Å²) in [6.07, 6.45) is 0. The monoisotopic (exact) mass is 307 g/mol. The van der Waals surface area contributed by atoms with Gasteiger partial charge in [0.1, 0.15) is 11.6 Å². The van der Waals surface area contributed by atoms with Gasteiger partial charge < -0.3 is 5.32 Å². The molecular weight excluding hydrogens is 292 g/mol. The van der Waals surface area contributed by atoms with Crippen LogP contribution in [-0.4, -0.2) is 11.7 Å². The highest BCUT2D eigenvalue weighted by Gasteiger charge is 2.10. The second-order valence-electron chi connectivity index (χ2n) is 4.68. The number of hydrogen-bond acceptors (Lipinski definition) is 2. The predicted molar refractivity (Wildman–Crippen MR) is 81.6 cm³/mol. The van der Waals surface area contributed by atoms with E-state index in [2.05, 4.69) is 5.32 Å². The van der Waals surface area contributed by atoms with Gasteiger partial charge >= 0.3 is 0 Å². The first-order valence-electron chi connectivity index (χ1n) is 6.41. The van der Waals surface area contributed by atoms with Crippen LogP contribution in [0.4, 0.5) is 14.5 Å². The summed E-state index contributed by atoms with van der Waals surface area (Å²) in [7, 11) is 0. The van der Waals surface area contributed by atoms with Crippen LogP contribution in [0.1, 0.15) is 11.1 Å². The van der Waals surface area contributed by atoms with Gasteiger partial charge in [-0.15, -0.1) is 11.8 Å². The standard InChI is InChI=1S/C16H15F2NOS/c1-10-4-3-5-11(2)16(10)19-15(20)9-21-14-7-6-12(17)8-13(14)18/h3-8H,9H2,1-2H3,(H,19,20). The Labute approximate surface area is 126 Å². The van der Waals surface area contributed by atoms with Crippen LogP contribution in [0, 0.1) is 25.5 Å². The molecular formula is C16H15F2NOS. The normalized spacial score (nSPS) is 10.5. The summed E-state index contributed by atoms with van der Waals surface area (Å²) in [5.41, 5.74) is 2.73. The van der Waals surface area contributed by atoms with Crippen molar-refractivity contribution in [2.24, 2.45) is 0 Å². The molecule has 5 heteroatoms. The number of benzene rings is 2. The zero-order valence-electron chi connectivity index (χ0n) is 11.7. The van der Waals surface area contributed by atoms with Crippen LogP contribution in [-0.2, 0) is 4.79 Å². The minimum Gasteiger partial charge on any atom is -0.325 e. The minimum atomic E-state index is -0.653. The molecule has 0 saturated heterocycles. The number of anilines is 1. The summed E-state index contributed by atoms with van der Waals surface area (Å²) in [6.45, 7) is 3.82. The van der Waals surface area contributed by atoms with Crippen LogP contribution in [0.15, 0.2) is 41.3 Å². The van der Waals surface area contributed by atoms with E-state index in [9.17, 15) is 13.6 Å². The maximum absolute atomic E-state index is 13.5. The highest BCUT2D eigenvalue weighted by atomic mass is 32.2. The Hall–Kier alpha value is -1.88. The number of aryl methyl sites for hydroxylation is 2. The number of carbonyl (C=O) groups is 1. The highest BCUT2D eigenvalue weighted by Crippen LogP contribution is 2.24. The Morgan fingerprint density at radius 3 is 2.43 bits per heavy atom. The van der Waals surface area contributed by atoms with E-state index in [1.807, 2.05) is 32.0 Å². The van der Waals surface area contributed by atoms with Crippen LogP contribution in [0.2, 0.25) is 0 Å². The molecule has 0 unspecified atom stereocenters. The number of thioether (sulfide) groups is 1. The Balaban J connectivity index is 1.99. The van der Waals surface area contributed by atoms with E-state index in [0.717, 1.165) is 34.6 Å². The molecule has 0 aliphatic carbocycles. The summed E-state index contributed by atoms with van der Waals surface area (Å²) in [6, 6.07) is 9.07. The molecule has 0 aliphatic rings. The maximum atomic E-state index is 13.5. The molecule has 2 nitrogen and oxygen atoms in total. The number of rotatable bonds is 4. The van der Waals surface area contributed by atoms with E-state index < -0.39 is 11.6 Å². The van der Waals surface area contributed by atoms with Gasteiger partial charge in [0.15, 0.2) is 0 Å². The van der Waals surface area contributed by atoms with Gasteiger partial charge in [-0.2, -0.15) is 0 Å². The predicted octanol–water partition coefficient (Wildman–Crippen LogP) is 4.31. The van der Waals surface area contributed by atoms with E-state index >= 15 is 0 Å². The number of hydrogen-bond donors (Lipinski definition) is 1. The molecule has 2 rings (SSSR count). The van der Waals surface area contributed by atoms with E-state index in [0.29, 0.717) is 0 Å². The van der Waals surface area contributed by atoms with Gasteiger partial charge in [-0.25, -0.2) is 8.78 Å². The summed E-state index contributed by atoms with van der Waals surface area (Å²) < 4.78 is 26.3. The minimum absolute atomic E-state index is 0.0658. The Morgan fingerprint density at radius 1 is 1.14 bits per heavy atom. The molecule has 0 spiro atoms. The third kappa shape index (κ3) is 4.04. The van der Waals surface area contributed by atoms with Crippen molar-refractivity contribution in [1.29, 1.82) is 0 Å². The fourth-order valence-corrected chi connectivity index (χ4v) is 2.64. The van der Waals surface area contributed by atoms with Gasteiger partial charge in [0.2, 0.25) is 5.91 Å². The van der Waals surface area contributed by atoms with Gasteiger partial charge in [-0.05, 0) is 37.1 Å². The van der Waals surface area contributed by atoms with Gasteiger partial charge in [-0.3, -0.25) is 4.79 Å². The smallest absolute Gasteiger partial charge is 0.234 e. The largest absolute Gasteiger partial charge is 0.325 e. The lowest BCUT2D eigenvalue weighted by atomic mass is 10.1. The molecule has 0 saturated carbocycles. The lowest BCUT2D eigenvalue weighted by molar-refractivity contribution is -0.113. The van der Waals surface area contributed by atoms with Crippen molar-refractivity contribution in [3.05, 3.63) is 59.2 Å². The lowest BCUT2D eigenvalue weighted by Crippen LogP contribution is -2.15. The molecule has 1 N–H and O–H groups in total. The summed E-state index contributed by atoms with van der Waals surface area (Å²) >= 11 is 1.04. The highest BCUT2D eigenvalue weighted by molar-refractivity contribution is 8.00. The first-order valence-corrected chi connectivity index (χ1v) is 7.40. The van der Waals surface area contributed by atoms with Crippen LogP contribution in [0.3, 0.4) is 0 Å². The number of amides is 1. The number of nitrogens with one attached hydrogen (secondary N) is 1. The molecule has 0 aromatic heterocycles. The van der Waals surface area contributed by atoms with Crippen LogP contribution in [0.5, 0.6) is 0 Å². The van der Waals surface area contributed by atoms with Crippen molar-refractivity contribution in [1.82, 2.24) is 0 Å². The average Bonchev–Trinajstić information content (AvgIpc) is 2.42. The van der Waals surface area contributed by atoms with E-state index in [4.69, 9.17) is 0 Å². The maximum Gasteiger partial charge on any atom is 0.234 e. The first-order chi connectivity index (χ1) is 9.97. The van der Waals surface area contributed by atoms with Crippen LogP contribution < -0.4 is 5.32 Å². The number of carbonyl (C=O) groups excluding carboxylic acids is 1. The van der Waals surface area contributed by atoms with Crippen LogP contribution in [0.25, 0.3) is 0 Å². The van der Waals surface area contributed by atoms with Gasteiger partial charge in [0.25, 0.3) is 0 Å². The van der Waals surface area contributed by atoms with Gasteiger partial charge in [-0.1, -0.05) is 18.2 Å². The number of halogens is 2. The summed E-state index contributed by atoms with van der Waals surface area (Å²) in [5.74, 6) is -1.44. The zero-order valence-corrected chi connectivity index (χ0v) is 12.6. The second kappa shape index (κ2) is 6.72. The molecule has 110 valence electrons. The molecule has 0 heterocycles. The Morgan fingerprint density at radius 2 is 1.81 bits per heavy atom. The fourth-order valence-electron chi connectivity index (χ4n) is 1.92. The molecule has 2 aromatic rings. The second-order valence-corrected chi connectivity index (χ2v) is 5.70. The Kier molecular flexibility index (Phi) is 4.96. The average molecular weight is 307 g/mol. The third-order valence-corrected chi connectivity index (χ3v) is 4.05. The van der Waals surface area contributed by atoms with Crippen LogP contribution >= 0.6 is 11.8 Å². The quantitative estimate of drug-likeness (QED) is 0.853. The first kappa shape index (κ1) is 15.5. The van der Waals surface area contributed by atoms with Crippen molar-refractivity contribution < 1.29 is 13.6 Å². The lowest BCUT2D eigenvalue weighted by Gasteiger charge is -2.11. The van der Waals surface area contributed by atoms with Gasteiger partial charge in [0.05, 0.1) is 5.75 Å². The third-order valence-electron chi connectivity index (χ3n) is 3.00. The van der Waals surface area contributed by atoms with Crippen molar-refractivity contribution in [2.45, 2.75) is 18.7 Å². The van der Waals surface area contributed by atoms with Crippen molar-refractivity contribution in [3.8, 4) is 0 Å². The Bertz CT molecular complexity index is 653. The molecule has 0 radical (unpaired) electrons. The zero-order chi connectivity index (χ0) is 15.4. The molecule has 0 bridgehead atoms. The summed E-state index contributed by atoms with van der Waals surface area (Å²) in [5, 5.41) is 2.82. The SMILES string of the molecule is Cc1cccc(C)c1NC(=O)CSc1ccc(F)cc1F. The molecule has 0 atom stereocenters.